The maximum atomic E-state index is 14.0. The fraction of sp³-hybridized carbons (Fsp3) is 0.286. The van der Waals surface area contributed by atoms with Crippen LogP contribution in [0.25, 0.3) is 10.9 Å². The number of carbonyl (C=O) groups is 1. The summed E-state index contributed by atoms with van der Waals surface area (Å²) >= 11 is 0. The largest absolute Gasteiger partial charge is 0.478 e. The third-order valence-corrected chi connectivity index (χ3v) is 3.40. The van der Waals surface area contributed by atoms with Crippen LogP contribution in [-0.4, -0.2) is 29.1 Å². The third-order valence-electron chi connectivity index (χ3n) is 3.40. The van der Waals surface area contributed by atoms with E-state index in [1.54, 1.807) is 6.07 Å². The van der Waals surface area contributed by atoms with E-state index in [-0.39, 0.29) is 17.5 Å². The van der Waals surface area contributed by atoms with E-state index >= 15 is 0 Å². The first-order valence-electron chi connectivity index (χ1n) is 6.12. The van der Waals surface area contributed by atoms with E-state index in [1.165, 1.54) is 18.3 Å². The summed E-state index contributed by atoms with van der Waals surface area (Å²) in [6.45, 7) is 3.80. The number of nitrogens with zero attached hydrogens (tertiary/aromatic N) is 2. The Bertz CT molecular complexity index is 669. The molecule has 106 valence electrons. The van der Waals surface area contributed by atoms with Crippen molar-refractivity contribution in [1.29, 1.82) is 0 Å². The number of aromatic carboxylic acids is 1. The van der Waals surface area contributed by atoms with Crippen molar-refractivity contribution in [2.45, 2.75) is 6.92 Å². The molecule has 2 aromatic rings. The molecule has 1 aromatic heterocycles. The quantitative estimate of drug-likeness (QED) is 0.881. The van der Waals surface area contributed by atoms with Gasteiger partial charge in [0.25, 0.3) is 0 Å². The summed E-state index contributed by atoms with van der Waals surface area (Å²) in [5.74, 6) is -0.809. The second-order valence-corrected chi connectivity index (χ2v) is 5.04. The molecule has 0 spiro atoms. The summed E-state index contributed by atoms with van der Waals surface area (Å²) in [4.78, 5) is 16.9. The number of carboxylic acid groups (broad SMARTS) is 1. The lowest BCUT2D eigenvalue weighted by molar-refractivity contribution is 0.0696. The zero-order chi connectivity index (χ0) is 13.6. The molecular weight excluding hydrogens is 261 g/mol. The van der Waals surface area contributed by atoms with Crippen molar-refractivity contribution in [3.63, 3.8) is 0 Å². The lowest BCUT2D eigenvalue weighted by Gasteiger charge is -2.39. The second kappa shape index (κ2) is 5.05. The van der Waals surface area contributed by atoms with Crippen LogP contribution in [0.5, 0.6) is 0 Å². The van der Waals surface area contributed by atoms with Gasteiger partial charge in [-0.1, -0.05) is 6.92 Å². The Morgan fingerprint density at radius 1 is 1.40 bits per heavy atom. The van der Waals surface area contributed by atoms with E-state index in [2.05, 4.69) is 11.9 Å². The molecule has 0 atom stereocenters. The molecule has 1 aromatic carbocycles. The first-order valence-corrected chi connectivity index (χ1v) is 6.12. The molecule has 1 aliphatic rings. The number of rotatable bonds is 2. The van der Waals surface area contributed by atoms with E-state index in [1.807, 2.05) is 4.90 Å². The van der Waals surface area contributed by atoms with Gasteiger partial charge in [-0.25, -0.2) is 9.18 Å². The standard InChI is InChI=1S/C14H13FN2O2.H3N/c1-8-6-17(7-8)13-4-12-9(3-11(13)15)2-10(5-16-12)14(18)19;/h2-5,8H,6-7H2,1H3,(H,18,19);1H3. The highest BCUT2D eigenvalue weighted by Gasteiger charge is 2.25. The van der Waals surface area contributed by atoms with Crippen LogP contribution in [0.2, 0.25) is 0 Å². The highest BCUT2D eigenvalue weighted by Crippen LogP contribution is 2.30. The predicted octanol–water partition coefficient (Wildman–Crippen LogP) is 2.69. The van der Waals surface area contributed by atoms with Crippen molar-refractivity contribution in [1.82, 2.24) is 11.1 Å². The molecule has 1 aliphatic heterocycles. The van der Waals surface area contributed by atoms with Gasteiger partial charge in [0.05, 0.1) is 16.8 Å². The fourth-order valence-corrected chi connectivity index (χ4v) is 2.39. The molecule has 1 fully saturated rings. The molecule has 20 heavy (non-hydrogen) atoms. The van der Waals surface area contributed by atoms with Crippen LogP contribution in [0.3, 0.4) is 0 Å². The first kappa shape index (κ1) is 14.2. The first-order chi connectivity index (χ1) is 9.04. The molecule has 0 bridgehead atoms. The summed E-state index contributed by atoms with van der Waals surface area (Å²) < 4.78 is 14.0. The monoisotopic (exact) mass is 277 g/mol. The van der Waals surface area contributed by atoms with E-state index in [4.69, 9.17) is 5.11 Å². The highest BCUT2D eigenvalue weighted by molar-refractivity contribution is 5.93. The molecule has 3 rings (SSSR count). The van der Waals surface area contributed by atoms with Crippen LogP contribution in [0, 0.1) is 11.7 Å². The number of anilines is 1. The minimum atomic E-state index is -1.06. The highest BCUT2D eigenvalue weighted by atomic mass is 19.1. The van der Waals surface area contributed by atoms with Crippen molar-refractivity contribution in [2.75, 3.05) is 18.0 Å². The zero-order valence-corrected chi connectivity index (χ0v) is 11.1. The van der Waals surface area contributed by atoms with Crippen LogP contribution in [0.4, 0.5) is 10.1 Å². The molecule has 2 heterocycles. The topological polar surface area (TPSA) is 88.4 Å². The van der Waals surface area contributed by atoms with Gasteiger partial charge in [-0.15, -0.1) is 0 Å². The van der Waals surface area contributed by atoms with Gasteiger partial charge in [0.15, 0.2) is 0 Å². The average molecular weight is 277 g/mol. The van der Waals surface area contributed by atoms with Gasteiger partial charge in [-0.05, 0) is 24.1 Å². The van der Waals surface area contributed by atoms with E-state index in [0.717, 1.165) is 13.1 Å². The van der Waals surface area contributed by atoms with Gasteiger partial charge in [-0.2, -0.15) is 0 Å². The Morgan fingerprint density at radius 2 is 2.10 bits per heavy atom. The maximum absolute atomic E-state index is 14.0. The van der Waals surface area contributed by atoms with Crippen molar-refractivity contribution in [3.05, 3.63) is 35.8 Å². The van der Waals surface area contributed by atoms with Crippen molar-refractivity contribution in [2.24, 2.45) is 5.92 Å². The van der Waals surface area contributed by atoms with E-state index in [9.17, 15) is 9.18 Å². The minimum Gasteiger partial charge on any atom is -0.478 e. The third kappa shape index (κ3) is 2.30. The lowest BCUT2D eigenvalue weighted by Crippen LogP contribution is -2.45. The average Bonchev–Trinajstić information content (AvgIpc) is 2.33. The van der Waals surface area contributed by atoms with E-state index < -0.39 is 5.97 Å². The number of pyridine rings is 1. The zero-order valence-electron chi connectivity index (χ0n) is 11.1. The number of aromatic nitrogens is 1. The Labute approximate surface area is 115 Å². The van der Waals surface area contributed by atoms with Crippen molar-refractivity contribution >= 4 is 22.6 Å². The predicted molar refractivity (Wildman–Crippen MR) is 75.1 cm³/mol. The fourth-order valence-electron chi connectivity index (χ4n) is 2.39. The molecule has 0 radical (unpaired) electrons. The molecule has 0 aliphatic carbocycles. The summed E-state index contributed by atoms with van der Waals surface area (Å²) in [7, 11) is 0. The molecule has 6 heteroatoms. The molecule has 1 saturated heterocycles. The molecule has 4 N–H and O–H groups in total. The van der Waals surface area contributed by atoms with Crippen molar-refractivity contribution in [3.8, 4) is 0 Å². The Hall–Kier alpha value is -2.21. The van der Waals surface area contributed by atoms with E-state index in [0.29, 0.717) is 22.5 Å². The Morgan fingerprint density at radius 3 is 2.70 bits per heavy atom. The normalized spacial score (nSPS) is 14.8. The van der Waals surface area contributed by atoms with Gasteiger partial charge < -0.3 is 16.2 Å². The second-order valence-electron chi connectivity index (χ2n) is 5.04. The SMILES string of the molecule is CC1CN(c2cc3ncc(C(=O)O)cc3cc2F)C1.N. The van der Waals surface area contributed by atoms with Crippen LogP contribution >= 0.6 is 0 Å². The lowest BCUT2D eigenvalue weighted by atomic mass is 10.0. The van der Waals surface area contributed by atoms with Crippen LogP contribution in [0.15, 0.2) is 24.4 Å². The van der Waals surface area contributed by atoms with Gasteiger partial charge in [0, 0.05) is 24.7 Å². The molecule has 0 saturated carbocycles. The molecule has 0 unspecified atom stereocenters. The summed E-state index contributed by atoms with van der Waals surface area (Å²) in [6, 6.07) is 4.48. The molecule has 5 nitrogen and oxygen atoms in total. The van der Waals surface area contributed by atoms with Crippen LogP contribution < -0.4 is 11.1 Å². The van der Waals surface area contributed by atoms with Gasteiger partial charge in [0.1, 0.15) is 5.82 Å². The number of benzene rings is 1. The molecular formula is C14H16FN3O2. The number of hydrogen-bond acceptors (Lipinski definition) is 4. The van der Waals surface area contributed by atoms with Gasteiger partial charge in [-0.3, -0.25) is 4.98 Å². The number of hydrogen-bond donors (Lipinski definition) is 2. The number of halogens is 1. The summed E-state index contributed by atoms with van der Waals surface area (Å²) in [6.07, 6.45) is 1.30. The van der Waals surface area contributed by atoms with Crippen molar-refractivity contribution < 1.29 is 14.3 Å². The van der Waals surface area contributed by atoms with Crippen LogP contribution in [-0.2, 0) is 0 Å². The van der Waals surface area contributed by atoms with Gasteiger partial charge in [0.2, 0.25) is 0 Å². The maximum Gasteiger partial charge on any atom is 0.337 e. The minimum absolute atomic E-state index is 0. The van der Waals surface area contributed by atoms with Gasteiger partial charge >= 0.3 is 5.97 Å². The Balaban J connectivity index is 0.00000147. The number of fused-ring (bicyclic) bond motifs is 1. The Kier molecular flexibility index (Phi) is 3.59. The summed E-state index contributed by atoms with van der Waals surface area (Å²) in [5.41, 5.74) is 1.22. The summed E-state index contributed by atoms with van der Waals surface area (Å²) in [5, 5.41) is 9.40. The smallest absolute Gasteiger partial charge is 0.337 e. The molecule has 0 amide bonds. The van der Waals surface area contributed by atoms with Crippen LogP contribution in [0.1, 0.15) is 17.3 Å². The number of carboxylic acids is 1.